The number of hydrogen-bond donors (Lipinski definition) is 2. The lowest BCUT2D eigenvalue weighted by atomic mass is 10.1. The highest BCUT2D eigenvalue weighted by atomic mass is 35.5. The molecule has 0 aliphatic carbocycles. The van der Waals surface area contributed by atoms with Crippen LogP contribution in [0.1, 0.15) is 18.9 Å². The molecule has 0 aliphatic heterocycles. The van der Waals surface area contributed by atoms with Crippen LogP contribution in [0.5, 0.6) is 5.75 Å². The second kappa shape index (κ2) is 4.49. The quantitative estimate of drug-likeness (QED) is 0.785. The fourth-order valence-corrected chi connectivity index (χ4v) is 1.23. The van der Waals surface area contributed by atoms with Crippen molar-refractivity contribution in [1.82, 2.24) is 0 Å². The number of benzene rings is 1. The van der Waals surface area contributed by atoms with Crippen LogP contribution < -0.4 is 5.73 Å². The van der Waals surface area contributed by atoms with Gasteiger partial charge in [0, 0.05) is 6.04 Å². The number of hydrogen-bond acceptors (Lipinski definition) is 2. The maximum Gasteiger partial charge on any atom is 0.134 e. The van der Waals surface area contributed by atoms with Crippen LogP contribution in [0.15, 0.2) is 18.2 Å². The van der Waals surface area contributed by atoms with E-state index in [0.29, 0.717) is 5.02 Å². The molecule has 13 heavy (non-hydrogen) atoms. The molecule has 72 valence electrons. The zero-order valence-electron chi connectivity index (χ0n) is 7.63. The van der Waals surface area contributed by atoms with E-state index in [1.165, 1.54) is 0 Å². The van der Waals surface area contributed by atoms with Gasteiger partial charge >= 0.3 is 0 Å². The van der Waals surface area contributed by atoms with Gasteiger partial charge in [0.05, 0.1) is 5.02 Å². The first-order valence-electron chi connectivity index (χ1n) is 4.32. The number of nitrogens with two attached hydrogens (primary N) is 1. The van der Waals surface area contributed by atoms with Gasteiger partial charge < -0.3 is 10.8 Å². The second-order valence-electron chi connectivity index (χ2n) is 3.30. The van der Waals surface area contributed by atoms with E-state index in [4.69, 9.17) is 17.3 Å². The van der Waals surface area contributed by atoms with Crippen LogP contribution >= 0.6 is 11.6 Å². The first-order valence-corrected chi connectivity index (χ1v) is 4.70. The average molecular weight is 200 g/mol. The smallest absolute Gasteiger partial charge is 0.134 e. The molecule has 0 aromatic heterocycles. The van der Waals surface area contributed by atoms with Crippen molar-refractivity contribution < 1.29 is 5.11 Å². The molecule has 1 rings (SSSR count). The Bertz CT molecular complexity index is 286. The molecule has 0 amide bonds. The number of halogens is 1. The summed E-state index contributed by atoms with van der Waals surface area (Å²) >= 11 is 5.67. The van der Waals surface area contributed by atoms with Crippen LogP contribution in [-0.2, 0) is 6.42 Å². The number of aromatic hydroxyl groups is 1. The highest BCUT2D eigenvalue weighted by Gasteiger charge is 2.01. The molecule has 0 radical (unpaired) electrons. The van der Waals surface area contributed by atoms with Gasteiger partial charge in [0.2, 0.25) is 0 Å². The predicted octanol–water partition coefficient (Wildman–Crippen LogP) is 2.33. The third kappa shape index (κ3) is 3.25. The minimum absolute atomic E-state index is 0.142. The zero-order chi connectivity index (χ0) is 9.84. The number of aryl methyl sites for hydroxylation is 1. The van der Waals surface area contributed by atoms with E-state index in [1.807, 2.05) is 13.0 Å². The lowest BCUT2D eigenvalue weighted by Crippen LogP contribution is -2.15. The molecule has 0 saturated carbocycles. The highest BCUT2D eigenvalue weighted by molar-refractivity contribution is 6.31. The maximum atomic E-state index is 9.30. The third-order valence-electron chi connectivity index (χ3n) is 1.90. The number of phenolic OH excluding ortho intramolecular Hbond substituents is 1. The van der Waals surface area contributed by atoms with Gasteiger partial charge in [-0.05, 0) is 37.5 Å². The fraction of sp³-hybridized carbons (Fsp3) is 0.400. The summed E-state index contributed by atoms with van der Waals surface area (Å²) < 4.78 is 0. The summed E-state index contributed by atoms with van der Waals surface area (Å²) in [4.78, 5) is 0. The van der Waals surface area contributed by atoms with Gasteiger partial charge in [-0.1, -0.05) is 17.7 Å². The van der Waals surface area contributed by atoms with Gasteiger partial charge in [0.1, 0.15) is 5.75 Å². The summed E-state index contributed by atoms with van der Waals surface area (Å²) in [6.45, 7) is 1.97. The Hall–Kier alpha value is -0.730. The topological polar surface area (TPSA) is 46.2 Å². The normalized spacial score (nSPS) is 12.8. The molecule has 3 heteroatoms. The van der Waals surface area contributed by atoms with E-state index in [1.54, 1.807) is 12.1 Å². The predicted molar refractivity (Wildman–Crippen MR) is 55.1 cm³/mol. The van der Waals surface area contributed by atoms with Gasteiger partial charge in [-0.15, -0.1) is 0 Å². The number of phenols is 1. The second-order valence-corrected chi connectivity index (χ2v) is 3.71. The van der Waals surface area contributed by atoms with Crippen molar-refractivity contribution in [2.24, 2.45) is 5.73 Å². The van der Waals surface area contributed by atoms with Gasteiger partial charge in [0.25, 0.3) is 0 Å². The SMILES string of the molecule is C[C@H](N)CCc1ccc(Cl)c(O)c1. The zero-order valence-corrected chi connectivity index (χ0v) is 8.38. The van der Waals surface area contributed by atoms with Crippen LogP contribution in [0.2, 0.25) is 5.02 Å². The minimum Gasteiger partial charge on any atom is -0.506 e. The Morgan fingerprint density at radius 1 is 1.54 bits per heavy atom. The molecule has 0 heterocycles. The van der Waals surface area contributed by atoms with Crippen LogP contribution in [0.3, 0.4) is 0 Å². The lowest BCUT2D eigenvalue weighted by molar-refractivity contribution is 0.474. The molecular weight excluding hydrogens is 186 g/mol. The van der Waals surface area contributed by atoms with Crippen LogP contribution in [0, 0.1) is 0 Å². The molecule has 0 fully saturated rings. The van der Waals surface area contributed by atoms with Crippen molar-refractivity contribution in [3.63, 3.8) is 0 Å². The molecule has 3 N–H and O–H groups in total. The molecule has 1 atom stereocenters. The monoisotopic (exact) mass is 199 g/mol. The van der Waals surface area contributed by atoms with Crippen LogP contribution in [0.4, 0.5) is 0 Å². The van der Waals surface area contributed by atoms with Crippen molar-refractivity contribution in [1.29, 1.82) is 0 Å². The van der Waals surface area contributed by atoms with Gasteiger partial charge in [0.15, 0.2) is 0 Å². The largest absolute Gasteiger partial charge is 0.506 e. The molecule has 0 saturated heterocycles. The summed E-state index contributed by atoms with van der Waals surface area (Å²) in [5.41, 5.74) is 6.69. The van der Waals surface area contributed by atoms with E-state index in [-0.39, 0.29) is 11.8 Å². The molecule has 2 nitrogen and oxygen atoms in total. The molecule has 0 unspecified atom stereocenters. The Kier molecular flexibility index (Phi) is 3.58. The van der Waals surface area contributed by atoms with E-state index < -0.39 is 0 Å². The van der Waals surface area contributed by atoms with Gasteiger partial charge in [-0.2, -0.15) is 0 Å². The Labute approximate surface area is 83.3 Å². The molecule has 0 spiro atoms. The minimum atomic E-state index is 0.142. The molecule has 0 aliphatic rings. The standard InChI is InChI=1S/C10H14ClNO/c1-7(12)2-3-8-4-5-9(11)10(13)6-8/h4-7,13H,2-3,12H2,1H3/t7-/m0/s1. The van der Waals surface area contributed by atoms with Crippen molar-refractivity contribution in [2.75, 3.05) is 0 Å². The summed E-state index contributed by atoms with van der Waals surface area (Å²) in [7, 11) is 0. The summed E-state index contributed by atoms with van der Waals surface area (Å²) in [5.74, 6) is 0.142. The third-order valence-corrected chi connectivity index (χ3v) is 2.22. The summed E-state index contributed by atoms with van der Waals surface area (Å²) in [5, 5.41) is 9.70. The van der Waals surface area contributed by atoms with E-state index >= 15 is 0 Å². The average Bonchev–Trinajstić information content (AvgIpc) is 2.07. The van der Waals surface area contributed by atoms with Gasteiger partial charge in [-0.25, -0.2) is 0 Å². The first-order chi connectivity index (χ1) is 6.09. The van der Waals surface area contributed by atoms with E-state index in [9.17, 15) is 5.11 Å². The fourth-order valence-electron chi connectivity index (χ4n) is 1.11. The molecule has 1 aromatic carbocycles. The number of rotatable bonds is 3. The lowest BCUT2D eigenvalue weighted by Gasteiger charge is -2.05. The van der Waals surface area contributed by atoms with Gasteiger partial charge in [-0.3, -0.25) is 0 Å². The summed E-state index contributed by atoms with van der Waals surface area (Å²) in [6.07, 6.45) is 1.80. The maximum absolute atomic E-state index is 9.30. The van der Waals surface area contributed by atoms with Crippen LogP contribution in [0.25, 0.3) is 0 Å². The van der Waals surface area contributed by atoms with E-state index in [2.05, 4.69) is 0 Å². The summed E-state index contributed by atoms with van der Waals surface area (Å²) in [6, 6.07) is 5.49. The molecule has 0 bridgehead atoms. The molecular formula is C10H14ClNO. The van der Waals surface area contributed by atoms with E-state index in [0.717, 1.165) is 18.4 Å². The van der Waals surface area contributed by atoms with Crippen molar-refractivity contribution >= 4 is 11.6 Å². The van der Waals surface area contributed by atoms with Crippen molar-refractivity contribution in [2.45, 2.75) is 25.8 Å². The molecule has 1 aromatic rings. The Morgan fingerprint density at radius 3 is 2.77 bits per heavy atom. The van der Waals surface area contributed by atoms with Crippen molar-refractivity contribution in [3.05, 3.63) is 28.8 Å². The Morgan fingerprint density at radius 2 is 2.23 bits per heavy atom. The van der Waals surface area contributed by atoms with Crippen molar-refractivity contribution in [3.8, 4) is 5.75 Å². The first kappa shape index (κ1) is 10.4. The Balaban J connectivity index is 2.63. The highest BCUT2D eigenvalue weighted by Crippen LogP contribution is 2.24. The van der Waals surface area contributed by atoms with Crippen LogP contribution in [-0.4, -0.2) is 11.1 Å².